The van der Waals surface area contributed by atoms with Gasteiger partial charge >= 0.3 is 0 Å². The van der Waals surface area contributed by atoms with E-state index in [0.717, 1.165) is 37.8 Å². The van der Waals surface area contributed by atoms with E-state index in [-0.39, 0.29) is 11.0 Å². The summed E-state index contributed by atoms with van der Waals surface area (Å²) >= 11 is 0. The maximum atomic E-state index is 11.6. The molecule has 1 aromatic heterocycles. The van der Waals surface area contributed by atoms with Crippen molar-refractivity contribution in [1.29, 1.82) is 0 Å². The largest absolute Gasteiger partial charge is 0.392 e. The van der Waals surface area contributed by atoms with Crippen LogP contribution >= 0.6 is 0 Å². The van der Waals surface area contributed by atoms with Crippen molar-refractivity contribution < 1.29 is 10.2 Å². The smallest absolute Gasteiger partial charge is 0.0958 e. The lowest BCUT2D eigenvalue weighted by Crippen LogP contribution is -2.60. The van der Waals surface area contributed by atoms with Crippen LogP contribution < -0.4 is 0 Å². The average molecular weight is 364 g/mol. The van der Waals surface area contributed by atoms with Gasteiger partial charge in [-0.3, -0.25) is 0 Å². The fraction of sp³-hybridized carbons (Fsp3) is 0.609. The number of aromatic nitrogens is 2. The molecule has 2 N–H and O–H groups in total. The lowest BCUT2D eigenvalue weighted by atomic mass is 9.46. The molecular formula is C23H28N2O2. The third kappa shape index (κ3) is 2.09. The Kier molecular flexibility index (Phi) is 3.04. The third-order valence-corrected chi connectivity index (χ3v) is 8.33. The SMILES string of the molecule is C[C@@]1(C[C@@H](O)C23CC4CC(CC(O)(C4)C2)C3)c2ccccc2-c2cncn21. The Bertz CT molecular complexity index is 905. The van der Waals surface area contributed by atoms with Gasteiger partial charge < -0.3 is 14.8 Å². The van der Waals surface area contributed by atoms with E-state index in [0.29, 0.717) is 18.3 Å². The number of nitrogens with zero attached hydrogens (tertiary/aromatic N) is 2. The summed E-state index contributed by atoms with van der Waals surface area (Å²) in [6, 6.07) is 8.53. The van der Waals surface area contributed by atoms with Crippen LogP contribution in [0.3, 0.4) is 0 Å². The lowest BCUT2D eigenvalue weighted by molar-refractivity contribution is -0.198. The van der Waals surface area contributed by atoms with Crippen LogP contribution in [-0.4, -0.2) is 31.5 Å². The minimum atomic E-state index is -0.528. The minimum Gasteiger partial charge on any atom is -0.392 e. The molecule has 0 saturated heterocycles. The molecule has 4 saturated carbocycles. The highest BCUT2D eigenvalue weighted by molar-refractivity contribution is 5.70. The molecule has 1 aromatic carbocycles. The van der Waals surface area contributed by atoms with E-state index in [1.165, 1.54) is 17.5 Å². The van der Waals surface area contributed by atoms with E-state index in [9.17, 15) is 10.2 Å². The van der Waals surface area contributed by atoms with Gasteiger partial charge in [-0.05, 0) is 68.3 Å². The van der Waals surface area contributed by atoms with Crippen LogP contribution in [0.1, 0.15) is 57.4 Å². The summed E-state index contributed by atoms with van der Waals surface area (Å²) in [6.07, 6.45) is 10.2. The molecule has 2 heterocycles. The first-order valence-corrected chi connectivity index (χ1v) is 10.4. The van der Waals surface area contributed by atoms with Gasteiger partial charge in [-0.15, -0.1) is 0 Å². The Balaban J connectivity index is 1.38. The zero-order valence-electron chi connectivity index (χ0n) is 15.9. The van der Waals surface area contributed by atoms with Gasteiger partial charge in [-0.1, -0.05) is 24.3 Å². The second-order valence-electron chi connectivity index (χ2n) is 10.2. The first kappa shape index (κ1) is 16.3. The van der Waals surface area contributed by atoms with Crippen LogP contribution in [0.2, 0.25) is 0 Å². The highest BCUT2D eigenvalue weighted by Gasteiger charge is 2.60. The van der Waals surface area contributed by atoms with E-state index < -0.39 is 11.7 Å². The van der Waals surface area contributed by atoms with Gasteiger partial charge in [0, 0.05) is 12.0 Å². The monoisotopic (exact) mass is 364 g/mol. The average Bonchev–Trinajstić information content (AvgIpc) is 3.16. The van der Waals surface area contributed by atoms with Crippen LogP contribution in [0.15, 0.2) is 36.8 Å². The molecule has 0 radical (unpaired) electrons. The second-order valence-corrected chi connectivity index (χ2v) is 10.2. The number of aliphatic hydroxyl groups is 2. The molecule has 4 heteroatoms. The quantitative estimate of drug-likeness (QED) is 0.873. The Morgan fingerprint density at radius 3 is 2.67 bits per heavy atom. The van der Waals surface area contributed by atoms with Crippen molar-refractivity contribution >= 4 is 0 Å². The fourth-order valence-electron chi connectivity index (χ4n) is 7.67. The minimum absolute atomic E-state index is 0.111. The Morgan fingerprint density at radius 2 is 1.93 bits per heavy atom. The highest BCUT2D eigenvalue weighted by atomic mass is 16.3. The predicted molar refractivity (Wildman–Crippen MR) is 103 cm³/mol. The number of benzene rings is 1. The van der Waals surface area contributed by atoms with E-state index in [2.05, 4.69) is 40.7 Å². The molecule has 27 heavy (non-hydrogen) atoms. The molecule has 1 aliphatic heterocycles. The summed E-state index contributed by atoms with van der Waals surface area (Å²) in [5.74, 6) is 1.19. The topological polar surface area (TPSA) is 58.3 Å². The van der Waals surface area contributed by atoms with Crippen LogP contribution in [0.5, 0.6) is 0 Å². The van der Waals surface area contributed by atoms with Gasteiger partial charge in [0.15, 0.2) is 0 Å². The lowest BCUT2D eigenvalue weighted by Gasteiger charge is -2.62. The molecule has 4 fully saturated rings. The summed E-state index contributed by atoms with van der Waals surface area (Å²) in [7, 11) is 0. The number of hydrogen-bond acceptors (Lipinski definition) is 3. The standard InChI is InChI=1S/C23H28N2O2/c1-21(18-5-3-2-4-17(18)19-12-24-14-25(19)21)11-20(26)22-7-15-6-16(8-22)10-23(27,9-15)13-22/h2-5,12,14-16,20,26-27H,6-11,13H2,1H3/t15?,16?,20-,21-,22?,23?/m1/s1. The molecule has 4 bridgehead atoms. The maximum absolute atomic E-state index is 11.6. The van der Waals surface area contributed by atoms with E-state index >= 15 is 0 Å². The first-order chi connectivity index (χ1) is 12.9. The first-order valence-electron chi connectivity index (χ1n) is 10.4. The number of imidazole rings is 1. The molecule has 2 aromatic rings. The fourth-order valence-corrected chi connectivity index (χ4v) is 7.67. The summed E-state index contributed by atoms with van der Waals surface area (Å²) in [5, 5.41) is 22.7. The van der Waals surface area contributed by atoms with Crippen molar-refractivity contribution in [2.24, 2.45) is 17.3 Å². The summed E-state index contributed by atoms with van der Waals surface area (Å²) in [5.41, 5.74) is 2.73. The Labute approximate surface area is 160 Å². The maximum Gasteiger partial charge on any atom is 0.0958 e. The van der Waals surface area contributed by atoms with Gasteiger partial charge in [-0.25, -0.2) is 4.98 Å². The zero-order chi connectivity index (χ0) is 18.4. The predicted octanol–water partition coefficient (Wildman–Crippen LogP) is 3.71. The van der Waals surface area contributed by atoms with Crippen LogP contribution in [-0.2, 0) is 5.54 Å². The van der Waals surface area contributed by atoms with Crippen molar-refractivity contribution in [3.8, 4) is 11.3 Å². The van der Waals surface area contributed by atoms with E-state index in [1.807, 2.05) is 12.5 Å². The third-order valence-electron chi connectivity index (χ3n) is 8.33. The Hall–Kier alpha value is -1.65. The number of aliphatic hydroxyl groups excluding tert-OH is 1. The second kappa shape index (κ2) is 5.03. The summed E-state index contributed by atoms with van der Waals surface area (Å²) < 4.78 is 2.25. The van der Waals surface area contributed by atoms with Crippen LogP contribution in [0.4, 0.5) is 0 Å². The normalized spacial score (nSPS) is 42.2. The molecule has 142 valence electrons. The zero-order valence-corrected chi connectivity index (χ0v) is 15.9. The van der Waals surface area contributed by atoms with Gasteiger partial charge in [0.25, 0.3) is 0 Å². The van der Waals surface area contributed by atoms with Gasteiger partial charge in [0.05, 0.1) is 35.5 Å². The molecule has 4 aliphatic carbocycles. The summed E-state index contributed by atoms with van der Waals surface area (Å²) in [4.78, 5) is 4.39. The molecular weight excluding hydrogens is 336 g/mol. The molecule has 2 unspecified atom stereocenters. The summed E-state index contributed by atoms with van der Waals surface area (Å²) in [6.45, 7) is 2.24. The molecule has 0 amide bonds. The highest BCUT2D eigenvalue weighted by Crippen LogP contribution is 2.64. The molecule has 4 nitrogen and oxygen atoms in total. The van der Waals surface area contributed by atoms with Crippen LogP contribution in [0.25, 0.3) is 11.3 Å². The Morgan fingerprint density at radius 1 is 1.19 bits per heavy atom. The molecule has 0 spiro atoms. The number of fused-ring (bicyclic) bond motifs is 3. The molecule has 7 rings (SSSR count). The van der Waals surface area contributed by atoms with Gasteiger partial charge in [0.2, 0.25) is 0 Å². The van der Waals surface area contributed by atoms with Gasteiger partial charge in [-0.2, -0.15) is 0 Å². The van der Waals surface area contributed by atoms with Crippen molar-refractivity contribution in [3.05, 3.63) is 42.4 Å². The van der Waals surface area contributed by atoms with Gasteiger partial charge in [0.1, 0.15) is 0 Å². The number of rotatable bonds is 3. The van der Waals surface area contributed by atoms with E-state index in [4.69, 9.17) is 0 Å². The van der Waals surface area contributed by atoms with Crippen molar-refractivity contribution in [2.45, 2.75) is 69.1 Å². The van der Waals surface area contributed by atoms with Crippen molar-refractivity contribution in [1.82, 2.24) is 9.55 Å². The molecule has 4 atom stereocenters. The number of hydrogen-bond donors (Lipinski definition) is 2. The van der Waals surface area contributed by atoms with Crippen molar-refractivity contribution in [3.63, 3.8) is 0 Å². The molecule has 5 aliphatic rings. The van der Waals surface area contributed by atoms with Crippen molar-refractivity contribution in [2.75, 3.05) is 0 Å². The van der Waals surface area contributed by atoms with E-state index in [1.54, 1.807) is 0 Å². The van der Waals surface area contributed by atoms with Crippen LogP contribution in [0, 0.1) is 17.3 Å².